The Kier molecular flexibility index (Phi) is 7.17. The summed E-state index contributed by atoms with van der Waals surface area (Å²) in [5.74, 6) is -2.27. The van der Waals surface area contributed by atoms with Gasteiger partial charge in [0, 0.05) is 25.7 Å². The first-order valence-corrected chi connectivity index (χ1v) is 16.0. The van der Waals surface area contributed by atoms with E-state index in [1.165, 1.54) is 26.2 Å². The number of nitrogens with zero attached hydrogens (tertiary/aromatic N) is 2. The number of fused-ring (bicyclic) bond motifs is 2. The Morgan fingerprint density at radius 1 is 1.17 bits per heavy atom. The van der Waals surface area contributed by atoms with Gasteiger partial charge in [-0.05, 0) is 62.8 Å². The summed E-state index contributed by atoms with van der Waals surface area (Å²) in [6.07, 6.45) is 2.16. The molecule has 1 N–H and O–H groups in total. The van der Waals surface area contributed by atoms with Gasteiger partial charge in [0.2, 0.25) is 15.5 Å². The van der Waals surface area contributed by atoms with Crippen molar-refractivity contribution in [1.29, 1.82) is 0 Å². The molecule has 1 saturated heterocycles. The fourth-order valence-corrected chi connectivity index (χ4v) is 8.56. The van der Waals surface area contributed by atoms with Gasteiger partial charge < -0.3 is 14.2 Å². The number of hydrogen-bond donors (Lipinski definition) is 1. The highest BCUT2D eigenvalue weighted by Gasteiger charge is 2.43. The third-order valence-corrected chi connectivity index (χ3v) is 11.1. The number of ether oxygens (including phenoxy) is 1. The van der Waals surface area contributed by atoms with E-state index >= 15 is 4.39 Å². The average molecular weight is 618 g/mol. The third-order valence-electron chi connectivity index (χ3n) is 8.13. The minimum Gasteiger partial charge on any atom is -0.492 e. The molecule has 0 spiro atoms. The molecule has 2 aliphatic heterocycles. The molecule has 0 radical (unpaired) electrons. The fraction of sp³-hybridized carbons (Fsp3) is 0.414. The Labute approximate surface area is 245 Å². The lowest BCUT2D eigenvalue weighted by molar-refractivity contribution is -0.115. The monoisotopic (exact) mass is 617 g/mol. The van der Waals surface area contributed by atoms with Crippen LogP contribution in [0.1, 0.15) is 48.1 Å². The lowest BCUT2D eigenvalue weighted by Crippen LogP contribution is -2.32. The van der Waals surface area contributed by atoms with Crippen LogP contribution in [0.25, 0.3) is 10.9 Å². The number of aromatic nitrogens is 1. The number of anilines is 1. The zero-order valence-corrected chi connectivity index (χ0v) is 24.8. The van der Waals surface area contributed by atoms with Gasteiger partial charge in [0.05, 0.1) is 33.5 Å². The summed E-state index contributed by atoms with van der Waals surface area (Å²) in [6, 6.07) is 4.70. The average Bonchev–Trinajstić information content (AvgIpc) is 3.56. The number of pyridine rings is 1. The first-order chi connectivity index (χ1) is 19.9. The quantitative estimate of drug-likeness (QED) is 0.378. The molecule has 0 bridgehead atoms. The molecule has 13 heteroatoms. The summed E-state index contributed by atoms with van der Waals surface area (Å²) in [6.45, 7) is 3.68. The predicted octanol–water partition coefficient (Wildman–Crippen LogP) is 3.98. The Bertz CT molecular complexity index is 1840. The summed E-state index contributed by atoms with van der Waals surface area (Å²) in [5, 5.41) is -0.576. The second kappa shape index (κ2) is 10.5. The molecule has 0 amide bonds. The van der Waals surface area contributed by atoms with Crippen molar-refractivity contribution in [1.82, 2.24) is 9.29 Å². The lowest BCUT2D eigenvalue weighted by atomic mass is 10.0. The predicted molar refractivity (Wildman–Crippen MR) is 154 cm³/mol. The molecule has 2 atom stereocenters. The van der Waals surface area contributed by atoms with Crippen molar-refractivity contribution in [2.24, 2.45) is 5.92 Å². The van der Waals surface area contributed by atoms with Gasteiger partial charge in [-0.3, -0.25) is 14.4 Å². The van der Waals surface area contributed by atoms with Gasteiger partial charge in [-0.1, -0.05) is 17.8 Å². The second-order valence-electron chi connectivity index (χ2n) is 11.1. The maximum Gasteiger partial charge on any atom is 0.240 e. The Morgan fingerprint density at radius 3 is 2.57 bits per heavy atom. The second-order valence-corrected chi connectivity index (χ2v) is 13.9. The van der Waals surface area contributed by atoms with Crippen LogP contribution in [0.4, 0.5) is 14.5 Å². The third kappa shape index (κ3) is 4.71. The molecule has 222 valence electrons. The van der Waals surface area contributed by atoms with Gasteiger partial charge in [0.15, 0.2) is 23.1 Å². The number of carbonyl (C=O) groups excluding carboxylic acids is 2. The molecule has 2 fully saturated rings. The Balaban J connectivity index is 1.35. The molecule has 9 nitrogen and oxygen atoms in total. The van der Waals surface area contributed by atoms with Gasteiger partial charge in [-0.25, -0.2) is 21.9 Å². The molecule has 42 heavy (non-hydrogen) atoms. The number of carbonyl (C=O) groups is 2. The van der Waals surface area contributed by atoms with E-state index in [0.717, 1.165) is 36.7 Å². The van der Waals surface area contributed by atoms with Crippen molar-refractivity contribution in [2.75, 3.05) is 31.6 Å². The van der Waals surface area contributed by atoms with E-state index in [0.29, 0.717) is 35.6 Å². The van der Waals surface area contributed by atoms with Crippen LogP contribution in [0.5, 0.6) is 5.75 Å². The highest BCUT2D eigenvalue weighted by Crippen LogP contribution is 2.49. The highest BCUT2D eigenvalue weighted by atomic mass is 32.2. The molecule has 2 aromatic carbocycles. The molecule has 1 saturated carbocycles. The molecule has 1 aliphatic carbocycles. The van der Waals surface area contributed by atoms with E-state index < -0.39 is 38.1 Å². The Hall–Kier alpha value is -3.29. The van der Waals surface area contributed by atoms with Crippen molar-refractivity contribution in [2.45, 2.75) is 54.3 Å². The van der Waals surface area contributed by atoms with Crippen LogP contribution in [-0.2, 0) is 14.8 Å². The number of rotatable bonds is 8. The van der Waals surface area contributed by atoms with Crippen molar-refractivity contribution in [3.8, 4) is 5.75 Å². The first-order valence-electron chi connectivity index (χ1n) is 13.6. The molecule has 3 aromatic rings. The summed E-state index contributed by atoms with van der Waals surface area (Å²) >= 11 is 1.06. The van der Waals surface area contributed by atoms with E-state index in [-0.39, 0.29) is 51.6 Å². The zero-order chi connectivity index (χ0) is 30.1. The summed E-state index contributed by atoms with van der Waals surface area (Å²) in [5.41, 5.74) is 0.264. The van der Waals surface area contributed by atoms with E-state index in [1.54, 1.807) is 11.8 Å². The van der Waals surface area contributed by atoms with E-state index in [9.17, 15) is 27.2 Å². The number of sulfonamides is 1. The zero-order valence-electron chi connectivity index (χ0n) is 23.2. The van der Waals surface area contributed by atoms with Crippen molar-refractivity contribution < 1.29 is 31.5 Å². The topological polar surface area (TPSA) is 115 Å². The number of halogens is 2. The number of Topliss-reactive ketones (excluding diaryl/α,β-unsaturated/α-hetero) is 2. The maximum absolute atomic E-state index is 15.8. The SMILES string of the molecule is COc1c(N2CC[C@@H](CNS(=O)(=O)c3cc(F)ccc3C)C2)c(F)cc2c(=O)c3c(n(C4CC4)c12)SC(C(C)=O)C3=O. The van der Waals surface area contributed by atoms with E-state index in [2.05, 4.69) is 4.72 Å². The smallest absolute Gasteiger partial charge is 0.240 e. The molecule has 3 heterocycles. The Morgan fingerprint density at radius 2 is 1.90 bits per heavy atom. The van der Waals surface area contributed by atoms with Gasteiger partial charge >= 0.3 is 0 Å². The standard InChI is InChI=1S/C29H29F2N3O6S2/c1-14-4-5-17(30)10-21(14)42(38,39)32-12-16-8-9-33(13-16)24-20(31)11-19-23(27(24)40-3)34(18-6-7-18)29-22(25(19)36)26(37)28(41-29)15(2)35/h4-5,10-11,16,18,28,32H,6-9,12-13H2,1-3H3/t16-,28?/m0/s1. The molecule has 6 rings (SSSR count). The van der Waals surface area contributed by atoms with Gasteiger partial charge in [0.25, 0.3) is 0 Å². The minimum atomic E-state index is -3.97. The van der Waals surface area contributed by atoms with Crippen LogP contribution in [0.15, 0.2) is 39.0 Å². The van der Waals surface area contributed by atoms with Gasteiger partial charge in [-0.2, -0.15) is 0 Å². The molecular weight excluding hydrogens is 588 g/mol. The van der Waals surface area contributed by atoms with E-state index in [4.69, 9.17) is 4.74 Å². The van der Waals surface area contributed by atoms with Crippen LogP contribution in [0.3, 0.4) is 0 Å². The number of thioether (sulfide) groups is 1. The minimum absolute atomic E-state index is 0.0193. The van der Waals surface area contributed by atoms with E-state index in [1.807, 2.05) is 4.57 Å². The number of benzene rings is 2. The first kappa shape index (κ1) is 28.8. The summed E-state index contributed by atoms with van der Waals surface area (Å²) in [7, 11) is -2.57. The van der Waals surface area contributed by atoms with Crippen LogP contribution >= 0.6 is 11.8 Å². The number of methoxy groups -OCH3 is 1. The normalized spacial score (nSPS) is 20.4. The largest absolute Gasteiger partial charge is 0.492 e. The number of aryl methyl sites for hydroxylation is 1. The molecule has 1 unspecified atom stereocenters. The summed E-state index contributed by atoms with van der Waals surface area (Å²) < 4.78 is 65.5. The summed E-state index contributed by atoms with van der Waals surface area (Å²) in [4.78, 5) is 40.4. The van der Waals surface area contributed by atoms with Crippen molar-refractivity contribution in [3.05, 3.63) is 57.3 Å². The number of nitrogens with one attached hydrogen (secondary N) is 1. The van der Waals surface area contributed by atoms with Crippen LogP contribution in [-0.4, -0.2) is 56.5 Å². The highest BCUT2D eigenvalue weighted by molar-refractivity contribution is 8.02. The van der Waals surface area contributed by atoms with Crippen LogP contribution in [0, 0.1) is 24.5 Å². The van der Waals surface area contributed by atoms with Crippen molar-refractivity contribution >= 4 is 49.9 Å². The molecular formula is C29H29F2N3O6S2. The lowest BCUT2D eigenvalue weighted by Gasteiger charge is -2.25. The van der Waals surface area contributed by atoms with Gasteiger partial charge in [0.1, 0.15) is 16.8 Å². The molecule has 3 aliphatic rings. The van der Waals surface area contributed by atoms with Crippen molar-refractivity contribution in [3.63, 3.8) is 0 Å². The van der Waals surface area contributed by atoms with Crippen LogP contribution in [0.2, 0.25) is 0 Å². The van der Waals surface area contributed by atoms with Gasteiger partial charge in [-0.15, -0.1) is 0 Å². The maximum atomic E-state index is 15.8. The number of hydrogen-bond acceptors (Lipinski definition) is 8. The van der Waals surface area contributed by atoms with Crippen LogP contribution < -0.4 is 19.8 Å². The molecule has 1 aromatic heterocycles. The number of ketones is 2. The fourth-order valence-electron chi connectivity index (χ4n) is 5.91.